The van der Waals surface area contributed by atoms with Gasteiger partial charge in [0.25, 0.3) is 0 Å². The molecule has 0 heterocycles. The third-order valence-corrected chi connectivity index (χ3v) is 2.14. The third kappa shape index (κ3) is 8.26. The predicted molar refractivity (Wildman–Crippen MR) is 53.2 cm³/mol. The van der Waals surface area contributed by atoms with Gasteiger partial charge in [0, 0.05) is 10.5 Å². The van der Waals surface area contributed by atoms with E-state index in [1.807, 2.05) is 0 Å². The van der Waals surface area contributed by atoms with Crippen molar-refractivity contribution in [3.8, 4) is 10.5 Å². The molecule has 10 heavy (non-hydrogen) atoms. The Morgan fingerprint density at radius 1 is 0.800 bits per heavy atom. The van der Waals surface area contributed by atoms with Gasteiger partial charge in [0.05, 0.1) is 0 Å². The summed E-state index contributed by atoms with van der Waals surface area (Å²) in [4.78, 5) is 0. The summed E-state index contributed by atoms with van der Waals surface area (Å²) in [6, 6.07) is 0. The van der Waals surface area contributed by atoms with Crippen molar-refractivity contribution < 1.29 is 0 Å². The molecular formula is C8H14S2. The predicted octanol–water partition coefficient (Wildman–Crippen LogP) is 3.19. The highest BCUT2D eigenvalue weighted by Gasteiger charge is 1.89. The lowest BCUT2D eigenvalue weighted by atomic mass is 10.6. The van der Waals surface area contributed by atoms with Crippen LogP contribution in [0.5, 0.6) is 0 Å². The highest BCUT2D eigenvalue weighted by atomic mass is 32.2. The molecule has 0 aliphatic rings. The minimum atomic E-state index is 0.625. The van der Waals surface area contributed by atoms with Gasteiger partial charge in [-0.2, -0.15) is 0 Å². The van der Waals surface area contributed by atoms with Crippen LogP contribution in [0.3, 0.4) is 0 Å². The van der Waals surface area contributed by atoms with Crippen LogP contribution in [-0.2, 0) is 0 Å². The lowest BCUT2D eigenvalue weighted by Gasteiger charge is -1.94. The summed E-state index contributed by atoms with van der Waals surface area (Å²) in [5.41, 5.74) is 0. The smallest absolute Gasteiger partial charge is 0.0114 e. The fourth-order valence-electron chi connectivity index (χ4n) is 0.284. The maximum atomic E-state index is 3.05. The zero-order chi connectivity index (χ0) is 7.98. The van der Waals surface area contributed by atoms with Crippen molar-refractivity contribution in [2.24, 2.45) is 0 Å². The fourth-order valence-corrected chi connectivity index (χ4v) is 1.14. The highest BCUT2D eigenvalue weighted by Crippen LogP contribution is 2.10. The van der Waals surface area contributed by atoms with Gasteiger partial charge in [-0.1, -0.05) is 51.2 Å². The molecule has 0 N–H and O–H groups in total. The normalized spacial score (nSPS) is 9.80. The highest BCUT2D eigenvalue weighted by molar-refractivity contribution is 8.07. The van der Waals surface area contributed by atoms with E-state index in [0.717, 1.165) is 0 Å². The van der Waals surface area contributed by atoms with Crippen molar-refractivity contribution in [3.05, 3.63) is 0 Å². The van der Waals surface area contributed by atoms with E-state index in [9.17, 15) is 0 Å². The van der Waals surface area contributed by atoms with Crippen LogP contribution in [0.4, 0.5) is 0 Å². The van der Waals surface area contributed by atoms with Crippen LogP contribution < -0.4 is 0 Å². The molecule has 0 radical (unpaired) electrons. The molecule has 0 spiro atoms. The molecule has 0 aromatic rings. The van der Waals surface area contributed by atoms with E-state index >= 15 is 0 Å². The molecule has 2 heteroatoms. The molecule has 0 unspecified atom stereocenters. The second-order valence-corrected chi connectivity index (χ2v) is 5.30. The minimum absolute atomic E-state index is 0.625. The Kier molecular flexibility index (Phi) is 6.16. The van der Waals surface area contributed by atoms with Gasteiger partial charge in [-0.05, 0) is 10.5 Å². The summed E-state index contributed by atoms with van der Waals surface area (Å²) in [5.74, 6) is 0. The number of hydrogen-bond acceptors (Lipinski definition) is 2. The molecule has 0 saturated carbocycles. The van der Waals surface area contributed by atoms with Gasteiger partial charge in [-0.15, -0.1) is 0 Å². The number of thioether (sulfide) groups is 2. The van der Waals surface area contributed by atoms with Crippen LogP contribution in [-0.4, -0.2) is 10.5 Å². The van der Waals surface area contributed by atoms with Crippen LogP contribution in [0, 0.1) is 10.5 Å². The summed E-state index contributed by atoms with van der Waals surface area (Å²) in [6.07, 6.45) is 0. The molecule has 0 bridgehead atoms. The Labute approximate surface area is 72.5 Å². The van der Waals surface area contributed by atoms with Crippen LogP contribution in [0.2, 0.25) is 0 Å². The van der Waals surface area contributed by atoms with Gasteiger partial charge in [0.15, 0.2) is 0 Å². The molecular weight excluding hydrogens is 160 g/mol. The molecule has 0 fully saturated rings. The van der Waals surface area contributed by atoms with E-state index < -0.39 is 0 Å². The van der Waals surface area contributed by atoms with E-state index in [2.05, 4.69) is 38.2 Å². The molecule has 0 atom stereocenters. The topological polar surface area (TPSA) is 0 Å². The van der Waals surface area contributed by atoms with Crippen molar-refractivity contribution >= 4 is 23.5 Å². The van der Waals surface area contributed by atoms with Gasteiger partial charge in [-0.3, -0.25) is 0 Å². The zero-order valence-electron chi connectivity index (χ0n) is 6.97. The van der Waals surface area contributed by atoms with Crippen LogP contribution in [0.15, 0.2) is 0 Å². The minimum Gasteiger partial charge on any atom is -0.0713 e. The van der Waals surface area contributed by atoms with Crippen molar-refractivity contribution in [2.45, 2.75) is 38.2 Å². The molecule has 0 aromatic heterocycles. The molecule has 0 nitrogen and oxygen atoms in total. The van der Waals surface area contributed by atoms with Crippen molar-refractivity contribution in [3.63, 3.8) is 0 Å². The molecule has 58 valence electrons. The van der Waals surface area contributed by atoms with Gasteiger partial charge in [0.1, 0.15) is 0 Å². The van der Waals surface area contributed by atoms with Gasteiger partial charge >= 0.3 is 0 Å². The first-order chi connectivity index (χ1) is 4.63. The van der Waals surface area contributed by atoms with Gasteiger partial charge < -0.3 is 0 Å². The largest absolute Gasteiger partial charge is 0.0713 e. The first-order valence-electron chi connectivity index (χ1n) is 3.44. The molecule has 0 aromatic carbocycles. The second-order valence-electron chi connectivity index (χ2n) is 2.54. The van der Waals surface area contributed by atoms with E-state index in [1.165, 1.54) is 0 Å². The standard InChI is InChI=1S/C8H14S2/c1-7(2)9-5-6-10-8(3)4/h7-8H,1-4H3. The number of hydrogen-bond donors (Lipinski definition) is 0. The van der Waals surface area contributed by atoms with Crippen molar-refractivity contribution in [2.75, 3.05) is 0 Å². The number of rotatable bonds is 2. The molecule has 0 rings (SSSR count). The Balaban J connectivity index is 3.32. The summed E-state index contributed by atoms with van der Waals surface area (Å²) in [5, 5.41) is 7.34. The average Bonchev–Trinajstić information content (AvgIpc) is 1.79. The fraction of sp³-hybridized carbons (Fsp3) is 0.750. The Morgan fingerprint density at radius 2 is 1.10 bits per heavy atom. The molecule has 0 aliphatic carbocycles. The second kappa shape index (κ2) is 6.00. The molecule has 0 aliphatic heterocycles. The van der Waals surface area contributed by atoms with E-state index in [4.69, 9.17) is 0 Å². The van der Waals surface area contributed by atoms with E-state index in [1.54, 1.807) is 23.5 Å². The quantitative estimate of drug-likeness (QED) is 0.590. The first-order valence-corrected chi connectivity index (χ1v) is 5.20. The Morgan fingerprint density at radius 3 is 1.30 bits per heavy atom. The Bertz CT molecular complexity index is 114. The lowest BCUT2D eigenvalue weighted by molar-refractivity contribution is 1.12. The van der Waals surface area contributed by atoms with Crippen LogP contribution in [0.25, 0.3) is 0 Å². The molecule has 0 saturated heterocycles. The SMILES string of the molecule is CC(C)SC#CSC(C)C. The average molecular weight is 174 g/mol. The van der Waals surface area contributed by atoms with Crippen LogP contribution >= 0.6 is 23.5 Å². The third-order valence-electron chi connectivity index (χ3n) is 0.631. The van der Waals surface area contributed by atoms with Crippen molar-refractivity contribution in [1.82, 2.24) is 0 Å². The zero-order valence-corrected chi connectivity index (χ0v) is 8.60. The van der Waals surface area contributed by atoms with E-state index in [0.29, 0.717) is 10.5 Å². The van der Waals surface area contributed by atoms with E-state index in [-0.39, 0.29) is 0 Å². The first kappa shape index (κ1) is 10.3. The van der Waals surface area contributed by atoms with Crippen LogP contribution in [0.1, 0.15) is 27.7 Å². The summed E-state index contributed by atoms with van der Waals surface area (Å²) in [7, 11) is 0. The summed E-state index contributed by atoms with van der Waals surface area (Å²) >= 11 is 3.38. The summed E-state index contributed by atoms with van der Waals surface area (Å²) in [6.45, 7) is 8.61. The monoisotopic (exact) mass is 174 g/mol. The molecule has 0 amide bonds. The lowest BCUT2D eigenvalue weighted by Crippen LogP contribution is -1.82. The Hall–Kier alpha value is 0.260. The summed E-state index contributed by atoms with van der Waals surface area (Å²) < 4.78 is 0. The maximum Gasteiger partial charge on any atom is 0.0114 e. The van der Waals surface area contributed by atoms with Gasteiger partial charge in [-0.25, -0.2) is 0 Å². The van der Waals surface area contributed by atoms with Crippen molar-refractivity contribution in [1.29, 1.82) is 0 Å². The van der Waals surface area contributed by atoms with Gasteiger partial charge in [0.2, 0.25) is 0 Å². The maximum absolute atomic E-state index is 3.05.